The minimum Gasteiger partial charge on any atom is -0.301 e. The molecule has 57 heavy (non-hydrogen) atoms. The summed E-state index contributed by atoms with van der Waals surface area (Å²) < 4.78 is 0. The molecule has 4 aromatic carbocycles. The van der Waals surface area contributed by atoms with E-state index in [1.807, 2.05) is 12.4 Å². The lowest BCUT2D eigenvalue weighted by atomic mass is 9.64. The van der Waals surface area contributed by atoms with E-state index in [9.17, 15) is 0 Å². The van der Waals surface area contributed by atoms with Crippen LogP contribution in [0.15, 0.2) is 122 Å². The van der Waals surface area contributed by atoms with Gasteiger partial charge in [0.1, 0.15) is 12.3 Å². The van der Waals surface area contributed by atoms with Gasteiger partial charge in [-0.2, -0.15) is 0 Å². The molecule has 0 bridgehead atoms. The Hall–Kier alpha value is -6.02. The van der Waals surface area contributed by atoms with Gasteiger partial charge in [-0.25, -0.2) is 19.9 Å². The second-order valence-corrected chi connectivity index (χ2v) is 17.9. The standard InChI is InChI=1S/C49H50N8/c1-9-49(10-2)40(34-26-18-20-28-36(34)57-42-43(52-37(30-51-42)47(3,4)5)55(46(49)57)32-23-15-12-16-24-32)39-33-25-17-19-27-35(33)56-44-41(50-29-38(53-44)48(6,7)8)54(45(39)56)31-21-13-11-14-22-31/h11-30,45-46H,9-10H2,1-8H3. The van der Waals surface area contributed by atoms with E-state index >= 15 is 0 Å². The first-order chi connectivity index (χ1) is 27.5. The first-order valence-corrected chi connectivity index (χ1v) is 20.4. The molecule has 8 heteroatoms. The van der Waals surface area contributed by atoms with Gasteiger partial charge in [0.05, 0.1) is 35.2 Å². The zero-order valence-corrected chi connectivity index (χ0v) is 34.2. The van der Waals surface area contributed by atoms with Crippen LogP contribution in [0.5, 0.6) is 0 Å². The summed E-state index contributed by atoms with van der Waals surface area (Å²) in [5.74, 6) is 3.57. The first kappa shape index (κ1) is 35.4. The molecule has 0 saturated heterocycles. The molecule has 0 fully saturated rings. The highest BCUT2D eigenvalue weighted by Crippen LogP contribution is 2.66. The molecule has 0 N–H and O–H groups in total. The molecule has 2 atom stereocenters. The number of para-hydroxylation sites is 4. The fourth-order valence-electron chi connectivity index (χ4n) is 9.76. The molecule has 0 amide bonds. The van der Waals surface area contributed by atoms with Crippen molar-refractivity contribution < 1.29 is 0 Å². The lowest BCUT2D eigenvalue weighted by Gasteiger charge is -2.52. The largest absolute Gasteiger partial charge is 0.301 e. The SMILES string of the molecule is CCC1(CC)C(=C2c3ccccc3N3c4nc(C(C)(C)C)cnc4N(c4ccccc4)C23)c2ccccc2N2c3ncc(C(C)(C)C)nc3N(c3ccccc3)C21. The fraction of sp³-hybridized carbons (Fsp3) is 0.306. The first-order valence-electron chi connectivity index (χ1n) is 20.4. The van der Waals surface area contributed by atoms with E-state index in [2.05, 4.69) is 184 Å². The van der Waals surface area contributed by atoms with Gasteiger partial charge < -0.3 is 9.80 Å². The Labute approximate surface area is 336 Å². The topological polar surface area (TPSA) is 64.5 Å². The van der Waals surface area contributed by atoms with Crippen LogP contribution in [0.1, 0.15) is 90.7 Å². The van der Waals surface area contributed by atoms with Gasteiger partial charge in [-0.1, -0.05) is 128 Å². The number of hydrogen-bond acceptors (Lipinski definition) is 8. The molecular formula is C49H50N8. The van der Waals surface area contributed by atoms with E-state index in [4.69, 9.17) is 19.9 Å². The van der Waals surface area contributed by atoms with E-state index in [-0.39, 0.29) is 28.6 Å². The van der Waals surface area contributed by atoms with Crippen LogP contribution in [0.3, 0.4) is 0 Å². The van der Waals surface area contributed by atoms with Gasteiger partial charge >= 0.3 is 0 Å². The van der Waals surface area contributed by atoms with Gasteiger partial charge in [-0.05, 0) is 54.8 Å². The third kappa shape index (κ3) is 4.98. The summed E-state index contributed by atoms with van der Waals surface area (Å²) in [6, 6.07) is 39.5. The smallest absolute Gasteiger partial charge is 0.179 e. The van der Waals surface area contributed by atoms with Gasteiger partial charge in [0.25, 0.3) is 0 Å². The van der Waals surface area contributed by atoms with Gasteiger partial charge in [0.15, 0.2) is 23.3 Å². The number of aromatic nitrogens is 4. The van der Waals surface area contributed by atoms with Crippen molar-refractivity contribution in [1.82, 2.24) is 19.9 Å². The van der Waals surface area contributed by atoms with Gasteiger partial charge in [0.2, 0.25) is 0 Å². The Morgan fingerprint density at radius 2 is 0.965 bits per heavy atom. The third-order valence-electron chi connectivity index (χ3n) is 12.6. The molecule has 0 saturated carbocycles. The monoisotopic (exact) mass is 750 g/mol. The Kier molecular flexibility index (Phi) is 7.76. The molecule has 6 aromatic rings. The highest BCUT2D eigenvalue weighted by Gasteiger charge is 2.60. The Bertz CT molecular complexity index is 2560. The molecule has 10 rings (SSSR count). The highest BCUT2D eigenvalue weighted by molar-refractivity contribution is 6.12. The summed E-state index contributed by atoms with van der Waals surface area (Å²) in [5, 5.41) is 0. The molecule has 2 unspecified atom stereocenters. The predicted molar refractivity (Wildman–Crippen MR) is 233 cm³/mol. The lowest BCUT2D eigenvalue weighted by molar-refractivity contribution is 0.294. The molecule has 0 radical (unpaired) electrons. The predicted octanol–water partition coefficient (Wildman–Crippen LogP) is 11.8. The van der Waals surface area contributed by atoms with Crippen molar-refractivity contribution in [2.45, 2.75) is 91.4 Å². The molecule has 286 valence electrons. The molecule has 8 nitrogen and oxygen atoms in total. The summed E-state index contributed by atoms with van der Waals surface area (Å²) in [7, 11) is 0. The number of anilines is 8. The number of nitrogens with zero attached hydrogens (tertiary/aromatic N) is 8. The van der Waals surface area contributed by atoms with Crippen LogP contribution >= 0.6 is 0 Å². The van der Waals surface area contributed by atoms with Crippen LogP contribution in [0.2, 0.25) is 0 Å². The number of benzene rings is 4. The van der Waals surface area contributed by atoms with Crippen LogP contribution in [0.25, 0.3) is 11.1 Å². The summed E-state index contributed by atoms with van der Waals surface area (Å²) in [5.41, 5.74) is 10.8. The molecule has 6 heterocycles. The van der Waals surface area contributed by atoms with Crippen LogP contribution in [0.4, 0.5) is 46.0 Å². The summed E-state index contributed by atoms with van der Waals surface area (Å²) in [6.45, 7) is 18.0. The second-order valence-electron chi connectivity index (χ2n) is 17.9. The van der Waals surface area contributed by atoms with Gasteiger partial charge in [0, 0.05) is 44.3 Å². The minimum absolute atomic E-state index is 0.142. The molecule has 0 spiro atoms. The maximum Gasteiger partial charge on any atom is 0.179 e. The van der Waals surface area contributed by atoms with E-state index < -0.39 is 0 Å². The molecular weight excluding hydrogens is 701 g/mol. The average molecular weight is 751 g/mol. The van der Waals surface area contributed by atoms with Crippen LogP contribution < -0.4 is 19.6 Å². The highest BCUT2D eigenvalue weighted by atomic mass is 15.5. The zero-order chi connectivity index (χ0) is 39.4. The normalized spacial score (nSPS) is 20.2. The fourth-order valence-corrected chi connectivity index (χ4v) is 9.76. The Balaban J connectivity index is 1.32. The van der Waals surface area contributed by atoms with Crippen LogP contribution in [-0.4, -0.2) is 32.3 Å². The molecule has 4 aliphatic rings. The van der Waals surface area contributed by atoms with E-state index in [1.54, 1.807) is 0 Å². The lowest BCUT2D eigenvalue weighted by Crippen LogP contribution is -2.55. The molecule has 0 aliphatic carbocycles. The van der Waals surface area contributed by atoms with E-state index in [1.165, 1.54) is 22.3 Å². The van der Waals surface area contributed by atoms with Crippen molar-refractivity contribution in [3.8, 4) is 0 Å². The van der Waals surface area contributed by atoms with Crippen LogP contribution in [-0.2, 0) is 10.8 Å². The van der Waals surface area contributed by atoms with Gasteiger partial charge in [-0.15, -0.1) is 0 Å². The van der Waals surface area contributed by atoms with Gasteiger partial charge in [-0.3, -0.25) is 9.80 Å². The summed E-state index contributed by atoms with van der Waals surface area (Å²) in [4.78, 5) is 31.4. The molecule has 4 aliphatic heterocycles. The van der Waals surface area contributed by atoms with Crippen molar-refractivity contribution in [3.05, 3.63) is 144 Å². The Morgan fingerprint density at radius 3 is 1.51 bits per heavy atom. The van der Waals surface area contributed by atoms with Crippen molar-refractivity contribution in [2.75, 3.05) is 19.6 Å². The Morgan fingerprint density at radius 1 is 0.509 bits per heavy atom. The second kappa shape index (κ2) is 12.5. The van der Waals surface area contributed by atoms with Crippen molar-refractivity contribution in [2.24, 2.45) is 5.41 Å². The number of hydrogen-bond donors (Lipinski definition) is 0. The summed E-state index contributed by atoms with van der Waals surface area (Å²) in [6.07, 6.45) is 5.38. The van der Waals surface area contributed by atoms with Crippen LogP contribution in [0, 0.1) is 5.41 Å². The number of rotatable bonds is 4. The maximum absolute atomic E-state index is 5.50. The zero-order valence-electron chi connectivity index (χ0n) is 34.2. The average Bonchev–Trinajstić information content (AvgIpc) is 3.86. The van der Waals surface area contributed by atoms with E-state index in [0.29, 0.717) is 0 Å². The maximum atomic E-state index is 5.50. The quantitative estimate of drug-likeness (QED) is 0.176. The van der Waals surface area contributed by atoms with Crippen molar-refractivity contribution in [1.29, 1.82) is 0 Å². The van der Waals surface area contributed by atoms with Crippen molar-refractivity contribution >= 4 is 57.2 Å². The molecule has 2 aromatic heterocycles. The van der Waals surface area contributed by atoms with Crippen molar-refractivity contribution in [3.63, 3.8) is 0 Å². The minimum atomic E-state index is -0.387. The van der Waals surface area contributed by atoms with E-state index in [0.717, 1.165) is 70.3 Å². The third-order valence-corrected chi connectivity index (χ3v) is 12.6. The number of fused-ring (bicyclic) bond motifs is 10. The summed E-state index contributed by atoms with van der Waals surface area (Å²) >= 11 is 0.